The number of likely N-dealkylation sites (tertiary alicyclic amines) is 1. The van der Waals surface area contributed by atoms with E-state index in [0.29, 0.717) is 19.4 Å². The molecule has 1 fully saturated rings. The van der Waals surface area contributed by atoms with Crippen molar-refractivity contribution in [3.63, 3.8) is 0 Å². The van der Waals surface area contributed by atoms with Crippen LogP contribution in [0.5, 0.6) is 0 Å². The van der Waals surface area contributed by atoms with Gasteiger partial charge < -0.3 is 10.0 Å². The second-order valence-electron chi connectivity index (χ2n) is 5.47. The summed E-state index contributed by atoms with van der Waals surface area (Å²) in [6.07, 6.45) is 3.00. The standard InChI is InChI=1S/C16H21NO3/c1-12(11-13-7-3-2-4-8-13)15(18)17-10-6-5-9-14(17)16(19)20/h2-4,7-8,12,14H,5-6,9-11H2,1H3,(H,19,20)/t12-,14-/m1/s1. The third kappa shape index (κ3) is 3.38. The maximum atomic E-state index is 12.5. The first kappa shape index (κ1) is 14.6. The fourth-order valence-electron chi connectivity index (χ4n) is 2.79. The molecule has 0 saturated carbocycles. The quantitative estimate of drug-likeness (QED) is 0.917. The van der Waals surface area contributed by atoms with E-state index in [4.69, 9.17) is 0 Å². The highest BCUT2D eigenvalue weighted by atomic mass is 16.4. The molecule has 0 aliphatic carbocycles. The van der Waals surface area contributed by atoms with Crippen LogP contribution in [-0.4, -0.2) is 34.5 Å². The Kier molecular flexibility index (Phi) is 4.77. The predicted octanol–water partition coefficient (Wildman–Crippen LogP) is 2.33. The van der Waals surface area contributed by atoms with E-state index < -0.39 is 12.0 Å². The average molecular weight is 275 g/mol. The summed E-state index contributed by atoms with van der Waals surface area (Å²) in [6, 6.07) is 9.19. The van der Waals surface area contributed by atoms with Gasteiger partial charge in [-0.1, -0.05) is 37.3 Å². The largest absolute Gasteiger partial charge is 0.480 e. The Morgan fingerprint density at radius 1 is 1.30 bits per heavy atom. The van der Waals surface area contributed by atoms with Crippen LogP contribution in [0, 0.1) is 5.92 Å². The summed E-state index contributed by atoms with van der Waals surface area (Å²) in [6.45, 7) is 2.44. The molecule has 1 saturated heterocycles. The van der Waals surface area contributed by atoms with Crippen LogP contribution in [-0.2, 0) is 16.0 Å². The predicted molar refractivity (Wildman–Crippen MR) is 76.3 cm³/mol. The molecule has 108 valence electrons. The van der Waals surface area contributed by atoms with Crippen molar-refractivity contribution in [3.8, 4) is 0 Å². The number of amides is 1. The molecule has 0 bridgehead atoms. The van der Waals surface area contributed by atoms with Crippen LogP contribution in [0.4, 0.5) is 0 Å². The molecule has 1 aromatic rings. The Labute approximate surface area is 119 Å². The normalized spacial score (nSPS) is 20.4. The highest BCUT2D eigenvalue weighted by molar-refractivity contribution is 5.85. The van der Waals surface area contributed by atoms with Gasteiger partial charge in [-0.2, -0.15) is 0 Å². The maximum absolute atomic E-state index is 12.5. The first-order valence-corrected chi connectivity index (χ1v) is 7.17. The van der Waals surface area contributed by atoms with Crippen LogP contribution < -0.4 is 0 Å². The summed E-state index contributed by atoms with van der Waals surface area (Å²) in [7, 11) is 0. The SMILES string of the molecule is C[C@H](Cc1ccccc1)C(=O)N1CCCC[C@@H]1C(=O)O. The van der Waals surface area contributed by atoms with Gasteiger partial charge in [-0.15, -0.1) is 0 Å². The van der Waals surface area contributed by atoms with E-state index in [9.17, 15) is 14.7 Å². The van der Waals surface area contributed by atoms with Crippen LogP contribution in [0.15, 0.2) is 30.3 Å². The molecule has 1 N–H and O–H groups in total. The van der Waals surface area contributed by atoms with Crippen LogP contribution in [0.3, 0.4) is 0 Å². The summed E-state index contributed by atoms with van der Waals surface area (Å²) >= 11 is 0. The Morgan fingerprint density at radius 2 is 2.00 bits per heavy atom. The maximum Gasteiger partial charge on any atom is 0.326 e. The molecule has 4 nitrogen and oxygen atoms in total. The lowest BCUT2D eigenvalue weighted by Crippen LogP contribution is -2.50. The van der Waals surface area contributed by atoms with Gasteiger partial charge in [0.25, 0.3) is 0 Å². The lowest BCUT2D eigenvalue weighted by atomic mass is 9.96. The molecule has 0 aromatic heterocycles. The summed E-state index contributed by atoms with van der Waals surface area (Å²) in [5, 5.41) is 9.24. The summed E-state index contributed by atoms with van der Waals surface area (Å²) in [4.78, 5) is 25.3. The van der Waals surface area contributed by atoms with Crippen molar-refractivity contribution in [2.24, 2.45) is 5.92 Å². The lowest BCUT2D eigenvalue weighted by molar-refractivity contribution is -0.153. The second kappa shape index (κ2) is 6.55. The molecule has 0 unspecified atom stereocenters. The molecule has 2 atom stereocenters. The van der Waals surface area contributed by atoms with Gasteiger partial charge in [0.05, 0.1) is 0 Å². The van der Waals surface area contributed by atoms with E-state index in [1.54, 1.807) is 4.90 Å². The second-order valence-corrected chi connectivity index (χ2v) is 5.47. The number of hydrogen-bond donors (Lipinski definition) is 1. The molecule has 2 rings (SSSR count). The molecule has 20 heavy (non-hydrogen) atoms. The number of piperidine rings is 1. The zero-order chi connectivity index (χ0) is 14.5. The zero-order valence-electron chi connectivity index (χ0n) is 11.8. The molecular formula is C16H21NO3. The van der Waals surface area contributed by atoms with E-state index >= 15 is 0 Å². The third-order valence-corrected chi connectivity index (χ3v) is 3.88. The molecule has 1 heterocycles. The van der Waals surface area contributed by atoms with Crippen molar-refractivity contribution in [3.05, 3.63) is 35.9 Å². The smallest absolute Gasteiger partial charge is 0.326 e. The zero-order valence-corrected chi connectivity index (χ0v) is 11.8. The summed E-state index contributed by atoms with van der Waals surface area (Å²) in [5.41, 5.74) is 1.11. The van der Waals surface area contributed by atoms with Gasteiger partial charge in [0, 0.05) is 12.5 Å². The van der Waals surface area contributed by atoms with Gasteiger partial charge in [-0.3, -0.25) is 4.79 Å². The Hall–Kier alpha value is -1.84. The van der Waals surface area contributed by atoms with Crippen molar-refractivity contribution < 1.29 is 14.7 Å². The Bertz CT molecular complexity index is 472. The highest BCUT2D eigenvalue weighted by Crippen LogP contribution is 2.21. The number of carboxylic acids is 1. The lowest BCUT2D eigenvalue weighted by Gasteiger charge is -2.34. The average Bonchev–Trinajstić information content (AvgIpc) is 2.47. The van der Waals surface area contributed by atoms with Crippen molar-refractivity contribution in [2.45, 2.75) is 38.6 Å². The minimum absolute atomic E-state index is 0.0408. The first-order valence-electron chi connectivity index (χ1n) is 7.17. The number of hydrogen-bond acceptors (Lipinski definition) is 2. The number of carboxylic acid groups (broad SMARTS) is 1. The Morgan fingerprint density at radius 3 is 2.65 bits per heavy atom. The molecular weight excluding hydrogens is 254 g/mol. The number of aliphatic carboxylic acids is 1. The minimum Gasteiger partial charge on any atom is -0.480 e. The van der Waals surface area contributed by atoms with Crippen molar-refractivity contribution in [2.75, 3.05) is 6.54 Å². The molecule has 1 aliphatic heterocycles. The van der Waals surface area contributed by atoms with Crippen LogP contribution in [0.2, 0.25) is 0 Å². The van der Waals surface area contributed by atoms with Gasteiger partial charge in [0.2, 0.25) is 5.91 Å². The fourth-order valence-corrected chi connectivity index (χ4v) is 2.79. The van der Waals surface area contributed by atoms with Gasteiger partial charge >= 0.3 is 5.97 Å². The number of rotatable bonds is 4. The van der Waals surface area contributed by atoms with E-state index in [1.165, 1.54) is 0 Å². The van der Waals surface area contributed by atoms with E-state index in [2.05, 4.69) is 0 Å². The van der Waals surface area contributed by atoms with Crippen molar-refractivity contribution in [1.82, 2.24) is 4.90 Å². The third-order valence-electron chi connectivity index (χ3n) is 3.88. The van der Waals surface area contributed by atoms with Crippen molar-refractivity contribution in [1.29, 1.82) is 0 Å². The molecule has 1 amide bonds. The van der Waals surface area contributed by atoms with E-state index in [1.807, 2.05) is 37.3 Å². The fraction of sp³-hybridized carbons (Fsp3) is 0.500. The van der Waals surface area contributed by atoms with Crippen LogP contribution in [0.25, 0.3) is 0 Å². The first-order chi connectivity index (χ1) is 9.59. The summed E-state index contributed by atoms with van der Waals surface area (Å²) < 4.78 is 0. The van der Waals surface area contributed by atoms with E-state index in [-0.39, 0.29) is 11.8 Å². The highest BCUT2D eigenvalue weighted by Gasteiger charge is 2.33. The van der Waals surface area contributed by atoms with Crippen molar-refractivity contribution >= 4 is 11.9 Å². The monoisotopic (exact) mass is 275 g/mol. The van der Waals surface area contributed by atoms with Crippen LogP contribution >= 0.6 is 0 Å². The number of carbonyl (C=O) groups excluding carboxylic acids is 1. The topological polar surface area (TPSA) is 57.6 Å². The van der Waals surface area contributed by atoms with Crippen LogP contribution in [0.1, 0.15) is 31.7 Å². The number of carbonyl (C=O) groups is 2. The number of benzene rings is 1. The molecule has 1 aliphatic rings. The van der Waals surface area contributed by atoms with E-state index in [0.717, 1.165) is 18.4 Å². The number of nitrogens with zero attached hydrogens (tertiary/aromatic N) is 1. The molecule has 4 heteroatoms. The molecule has 0 radical (unpaired) electrons. The van der Waals surface area contributed by atoms with Gasteiger partial charge in [-0.25, -0.2) is 4.79 Å². The van der Waals surface area contributed by atoms with Gasteiger partial charge in [0.15, 0.2) is 0 Å². The molecule has 1 aromatic carbocycles. The Balaban J connectivity index is 2.03. The minimum atomic E-state index is -0.884. The molecule has 0 spiro atoms. The summed E-state index contributed by atoms with van der Waals surface area (Å²) in [5.74, 6) is -1.11. The van der Waals surface area contributed by atoms with Gasteiger partial charge in [0.1, 0.15) is 6.04 Å². The van der Waals surface area contributed by atoms with Gasteiger partial charge in [-0.05, 0) is 31.2 Å².